The maximum Gasteiger partial charge on any atom is 0.326 e. The van der Waals surface area contributed by atoms with Crippen molar-refractivity contribution in [3.8, 4) is 11.3 Å². The highest BCUT2D eigenvalue weighted by Gasteiger charge is 2.40. The Morgan fingerprint density at radius 1 is 1.34 bits per heavy atom. The summed E-state index contributed by atoms with van der Waals surface area (Å²) in [5.41, 5.74) is 5.87. The molecule has 1 aromatic heterocycles. The lowest BCUT2D eigenvalue weighted by Crippen LogP contribution is -2.44. The molecule has 1 aliphatic heterocycles. The number of thiocarbonyl (C=S) groups is 1. The van der Waals surface area contributed by atoms with Crippen LogP contribution in [0.25, 0.3) is 17.4 Å². The molecule has 7 nitrogen and oxygen atoms in total. The van der Waals surface area contributed by atoms with Crippen LogP contribution in [-0.2, 0) is 14.4 Å². The van der Waals surface area contributed by atoms with Gasteiger partial charge in [0.25, 0.3) is 5.91 Å². The zero-order valence-electron chi connectivity index (χ0n) is 14.8. The molecule has 1 fully saturated rings. The lowest BCUT2D eigenvalue weighted by molar-refractivity contribution is -0.145. The predicted molar refractivity (Wildman–Crippen MR) is 114 cm³/mol. The molecule has 0 spiro atoms. The molecule has 2 heterocycles. The summed E-state index contributed by atoms with van der Waals surface area (Å²) < 4.78 is 5.85. The number of hydrogen-bond acceptors (Lipinski definition) is 6. The normalized spacial score (nSPS) is 16.4. The van der Waals surface area contributed by atoms with Gasteiger partial charge in [-0.05, 0) is 30.7 Å². The maximum absolute atomic E-state index is 12.7. The van der Waals surface area contributed by atoms with E-state index >= 15 is 0 Å². The Bertz CT molecular complexity index is 1030. The minimum Gasteiger partial charge on any atom is -0.480 e. The van der Waals surface area contributed by atoms with Gasteiger partial charge in [0, 0.05) is 23.1 Å². The topological polar surface area (TPSA) is 114 Å². The van der Waals surface area contributed by atoms with Crippen LogP contribution in [0.1, 0.15) is 18.6 Å². The van der Waals surface area contributed by atoms with E-state index in [2.05, 4.69) is 0 Å². The number of halogens is 1. The molecular formula is C19H15ClN2O5S2. The van der Waals surface area contributed by atoms with Crippen LogP contribution in [0.15, 0.2) is 45.7 Å². The monoisotopic (exact) mass is 450 g/mol. The van der Waals surface area contributed by atoms with Gasteiger partial charge in [0.1, 0.15) is 21.9 Å². The summed E-state index contributed by atoms with van der Waals surface area (Å²) in [6, 6.07) is 9.29. The van der Waals surface area contributed by atoms with Gasteiger partial charge in [-0.1, -0.05) is 47.7 Å². The molecule has 0 saturated carbocycles. The third-order valence-corrected chi connectivity index (χ3v) is 5.66. The number of amides is 2. The number of carboxylic acid groups (broad SMARTS) is 1. The summed E-state index contributed by atoms with van der Waals surface area (Å²) in [7, 11) is 0. The molecule has 0 aliphatic carbocycles. The fourth-order valence-corrected chi connectivity index (χ4v) is 4.27. The zero-order chi connectivity index (χ0) is 21.1. The van der Waals surface area contributed by atoms with E-state index in [0.717, 1.165) is 22.2 Å². The quantitative estimate of drug-likeness (QED) is 0.490. The Labute approximate surface area is 180 Å². The largest absolute Gasteiger partial charge is 0.480 e. The van der Waals surface area contributed by atoms with Gasteiger partial charge in [-0.15, -0.1) is 0 Å². The average molecular weight is 451 g/mol. The van der Waals surface area contributed by atoms with E-state index in [9.17, 15) is 19.5 Å². The molecule has 0 bridgehead atoms. The van der Waals surface area contributed by atoms with Crippen molar-refractivity contribution in [1.82, 2.24) is 4.90 Å². The first-order chi connectivity index (χ1) is 13.8. The number of aliphatic carboxylic acids is 1. The van der Waals surface area contributed by atoms with Crippen LogP contribution in [0.4, 0.5) is 0 Å². The number of carbonyl (C=O) groups excluding carboxylic acids is 2. The molecule has 1 atom stereocenters. The van der Waals surface area contributed by atoms with E-state index in [4.69, 9.17) is 34.0 Å². The molecule has 10 heteroatoms. The highest BCUT2D eigenvalue weighted by atomic mass is 35.5. The van der Waals surface area contributed by atoms with Crippen molar-refractivity contribution in [2.75, 3.05) is 0 Å². The van der Waals surface area contributed by atoms with E-state index in [0.29, 0.717) is 16.5 Å². The molecule has 1 aliphatic rings. The van der Waals surface area contributed by atoms with Crippen molar-refractivity contribution in [3.05, 3.63) is 52.1 Å². The fourth-order valence-electron chi connectivity index (χ4n) is 2.75. The van der Waals surface area contributed by atoms with Crippen LogP contribution in [-0.4, -0.2) is 38.2 Å². The molecular weight excluding hydrogens is 436 g/mol. The molecule has 3 N–H and O–H groups in total. The lowest BCUT2D eigenvalue weighted by Gasteiger charge is -2.22. The molecule has 150 valence electrons. The van der Waals surface area contributed by atoms with Gasteiger partial charge >= 0.3 is 5.97 Å². The summed E-state index contributed by atoms with van der Waals surface area (Å²) in [5.74, 6) is -1.49. The van der Waals surface area contributed by atoms with Gasteiger partial charge in [0.05, 0.1) is 4.91 Å². The van der Waals surface area contributed by atoms with Crippen LogP contribution in [0, 0.1) is 0 Å². The number of thioether (sulfide) groups is 1. The van der Waals surface area contributed by atoms with Crippen molar-refractivity contribution < 1.29 is 23.9 Å². The Morgan fingerprint density at radius 3 is 2.76 bits per heavy atom. The number of nitrogens with two attached hydrogens (primary N) is 1. The second-order valence-corrected chi connectivity index (χ2v) is 8.24. The highest BCUT2D eigenvalue weighted by molar-refractivity contribution is 8.26. The highest BCUT2D eigenvalue weighted by Crippen LogP contribution is 2.35. The summed E-state index contributed by atoms with van der Waals surface area (Å²) >= 11 is 12.1. The van der Waals surface area contributed by atoms with Gasteiger partial charge in [-0.2, -0.15) is 0 Å². The van der Waals surface area contributed by atoms with Crippen molar-refractivity contribution in [2.24, 2.45) is 5.73 Å². The number of nitrogens with zero attached hydrogens (tertiary/aromatic N) is 1. The predicted octanol–water partition coefficient (Wildman–Crippen LogP) is 3.52. The molecule has 2 aromatic rings. The minimum absolute atomic E-state index is 0.0970. The smallest absolute Gasteiger partial charge is 0.326 e. The second kappa shape index (κ2) is 8.81. The third-order valence-electron chi connectivity index (χ3n) is 4.09. The molecule has 2 amide bonds. The van der Waals surface area contributed by atoms with Crippen molar-refractivity contribution >= 4 is 63.8 Å². The van der Waals surface area contributed by atoms with Crippen LogP contribution >= 0.6 is 35.6 Å². The molecule has 1 unspecified atom stereocenters. The summed E-state index contributed by atoms with van der Waals surface area (Å²) in [4.78, 5) is 36.6. The van der Waals surface area contributed by atoms with Crippen molar-refractivity contribution in [2.45, 2.75) is 18.9 Å². The van der Waals surface area contributed by atoms with Crippen LogP contribution < -0.4 is 5.73 Å². The standard InChI is InChI=1S/C19H15ClN2O5S2/c20-11-3-1-2-10(8-11)14-6-4-12(27-14)9-15-17(24)22(19(28)29-15)13(18(25)26)5-7-16(21)23/h1-4,6,8-9,13H,5,7H2,(H2,21,23)(H,25,26)/b15-9+. The van der Waals surface area contributed by atoms with Crippen LogP contribution in [0.3, 0.4) is 0 Å². The van der Waals surface area contributed by atoms with Gasteiger partial charge in [0.2, 0.25) is 5.91 Å². The van der Waals surface area contributed by atoms with E-state index in [-0.39, 0.29) is 22.1 Å². The minimum atomic E-state index is -1.26. The number of primary amides is 1. The molecule has 3 rings (SSSR count). The summed E-state index contributed by atoms with van der Waals surface area (Å²) in [6.07, 6.45) is 1.21. The lowest BCUT2D eigenvalue weighted by atomic mass is 10.1. The average Bonchev–Trinajstić information content (AvgIpc) is 3.21. The number of hydrogen-bond donors (Lipinski definition) is 2. The van der Waals surface area contributed by atoms with Crippen LogP contribution in [0.2, 0.25) is 5.02 Å². The number of carboxylic acids is 1. The number of furan rings is 1. The van der Waals surface area contributed by atoms with E-state index in [1.54, 1.807) is 30.3 Å². The van der Waals surface area contributed by atoms with E-state index in [1.807, 2.05) is 6.07 Å². The zero-order valence-corrected chi connectivity index (χ0v) is 17.2. The number of carbonyl (C=O) groups is 3. The first-order valence-electron chi connectivity index (χ1n) is 8.40. The Balaban J connectivity index is 1.82. The van der Waals surface area contributed by atoms with Gasteiger partial charge < -0.3 is 15.3 Å². The Hall–Kier alpha value is -2.62. The van der Waals surface area contributed by atoms with Gasteiger partial charge in [-0.3, -0.25) is 14.5 Å². The summed E-state index contributed by atoms with van der Waals surface area (Å²) in [6.45, 7) is 0. The first-order valence-corrected chi connectivity index (χ1v) is 10.0. The SMILES string of the molecule is NC(=O)CCC(C(=O)O)N1C(=O)/C(=C\c2ccc(-c3cccc(Cl)c3)o2)SC1=S. The van der Waals surface area contributed by atoms with E-state index in [1.165, 1.54) is 6.08 Å². The Kier molecular flexibility index (Phi) is 6.41. The Morgan fingerprint density at radius 2 is 2.10 bits per heavy atom. The van der Waals surface area contributed by atoms with Gasteiger partial charge in [-0.25, -0.2) is 4.79 Å². The molecule has 1 aromatic carbocycles. The molecule has 0 radical (unpaired) electrons. The fraction of sp³-hybridized carbons (Fsp3) is 0.158. The summed E-state index contributed by atoms with van der Waals surface area (Å²) in [5, 5.41) is 10.0. The first kappa shape index (κ1) is 21.1. The van der Waals surface area contributed by atoms with Crippen LogP contribution in [0.5, 0.6) is 0 Å². The number of benzene rings is 1. The second-order valence-electron chi connectivity index (χ2n) is 6.12. The van der Waals surface area contributed by atoms with Crippen molar-refractivity contribution in [1.29, 1.82) is 0 Å². The number of rotatable bonds is 7. The molecule has 29 heavy (non-hydrogen) atoms. The van der Waals surface area contributed by atoms with Gasteiger partial charge in [0.15, 0.2) is 0 Å². The van der Waals surface area contributed by atoms with Crippen molar-refractivity contribution in [3.63, 3.8) is 0 Å². The third kappa shape index (κ3) is 4.87. The maximum atomic E-state index is 12.7. The van der Waals surface area contributed by atoms with E-state index < -0.39 is 23.8 Å². The molecule has 1 saturated heterocycles.